The molecular weight excluding hydrogens is 410 g/mol. The minimum absolute atomic E-state index is 0.0119. The van der Waals surface area contributed by atoms with Gasteiger partial charge in [-0.3, -0.25) is 4.79 Å². The average molecular weight is 435 g/mol. The Morgan fingerprint density at radius 3 is 2.28 bits per heavy atom. The molecule has 0 bridgehead atoms. The van der Waals surface area contributed by atoms with Crippen LogP contribution in [0.25, 0.3) is 11.1 Å². The topological polar surface area (TPSA) is 122 Å². The van der Waals surface area contributed by atoms with Gasteiger partial charge in [0.15, 0.2) is 11.8 Å². The third kappa shape index (κ3) is 6.36. The molecule has 0 radical (unpaired) electrons. The van der Waals surface area contributed by atoms with Crippen LogP contribution in [0.3, 0.4) is 0 Å². The molecule has 166 valence electrons. The second kappa shape index (κ2) is 11.0. The summed E-state index contributed by atoms with van der Waals surface area (Å²) < 4.78 is 4.87. The summed E-state index contributed by atoms with van der Waals surface area (Å²) in [6.07, 6.45) is -1.03. The van der Waals surface area contributed by atoms with Crippen LogP contribution in [0.1, 0.15) is 29.4 Å². The molecule has 32 heavy (non-hydrogen) atoms. The molecule has 0 spiro atoms. The standard InChI is InChI=1S/C24H25N3O5/c1-2-32-24(31)21(28)15-19(25-23(30)20-12-13-22(29)27-26-20)14-16-8-10-18(11-9-16)17-6-4-3-5-7-17/h3-13,19,21,28H,2,14-15H2,1H3,(H,25,30)(H,27,29). The number of aliphatic hydroxyl groups is 1. The molecular formula is C24H25N3O5. The van der Waals surface area contributed by atoms with Crippen molar-refractivity contribution in [2.75, 3.05) is 6.61 Å². The molecule has 8 nitrogen and oxygen atoms in total. The molecule has 0 fully saturated rings. The Morgan fingerprint density at radius 2 is 1.66 bits per heavy atom. The Bertz CT molecular complexity index is 1020. The first-order chi connectivity index (χ1) is 15.5. The number of rotatable bonds is 9. The van der Waals surface area contributed by atoms with Crippen LogP contribution in [0.4, 0.5) is 0 Å². The first-order valence-electron chi connectivity index (χ1n) is 10.3. The van der Waals surface area contributed by atoms with E-state index in [0.717, 1.165) is 16.7 Å². The van der Waals surface area contributed by atoms with Crippen molar-refractivity contribution >= 4 is 11.9 Å². The summed E-state index contributed by atoms with van der Waals surface area (Å²) in [5, 5.41) is 29.4. The normalized spacial score (nSPS) is 12.6. The van der Waals surface area contributed by atoms with Gasteiger partial charge < -0.3 is 20.3 Å². The Kier molecular flexibility index (Phi) is 7.88. The van der Waals surface area contributed by atoms with E-state index in [9.17, 15) is 19.8 Å². The van der Waals surface area contributed by atoms with Crippen LogP contribution in [0.15, 0.2) is 66.7 Å². The van der Waals surface area contributed by atoms with Crippen molar-refractivity contribution in [3.8, 4) is 17.0 Å². The smallest absolute Gasteiger partial charge is 0.335 e. The fourth-order valence-corrected chi connectivity index (χ4v) is 3.25. The second-order valence-electron chi connectivity index (χ2n) is 7.22. The summed E-state index contributed by atoms with van der Waals surface area (Å²) in [5.41, 5.74) is 3.08. The van der Waals surface area contributed by atoms with E-state index in [2.05, 4.69) is 15.5 Å². The zero-order valence-electron chi connectivity index (χ0n) is 17.6. The van der Waals surface area contributed by atoms with Crippen LogP contribution < -0.4 is 5.32 Å². The molecule has 0 aliphatic rings. The number of carbonyl (C=O) groups is 2. The fourth-order valence-electron chi connectivity index (χ4n) is 3.25. The zero-order chi connectivity index (χ0) is 22.9. The van der Waals surface area contributed by atoms with Gasteiger partial charge in [0.05, 0.1) is 6.61 Å². The lowest BCUT2D eigenvalue weighted by Crippen LogP contribution is -2.41. The Balaban J connectivity index is 1.74. The van der Waals surface area contributed by atoms with E-state index in [4.69, 9.17) is 4.74 Å². The first-order valence-corrected chi connectivity index (χ1v) is 10.3. The number of amides is 1. The van der Waals surface area contributed by atoms with Crippen LogP contribution >= 0.6 is 0 Å². The molecule has 2 aromatic carbocycles. The lowest BCUT2D eigenvalue weighted by molar-refractivity contribution is -0.153. The van der Waals surface area contributed by atoms with Gasteiger partial charge in [-0.15, -0.1) is 10.2 Å². The van der Waals surface area contributed by atoms with Gasteiger partial charge in [0, 0.05) is 18.5 Å². The van der Waals surface area contributed by atoms with E-state index >= 15 is 0 Å². The van der Waals surface area contributed by atoms with E-state index < -0.39 is 24.0 Å². The molecule has 8 heteroatoms. The molecule has 3 aromatic rings. The molecule has 3 rings (SSSR count). The molecule has 2 unspecified atom stereocenters. The van der Waals surface area contributed by atoms with E-state index in [1.165, 1.54) is 12.1 Å². The van der Waals surface area contributed by atoms with Gasteiger partial charge in [-0.1, -0.05) is 54.6 Å². The Morgan fingerprint density at radius 1 is 0.969 bits per heavy atom. The van der Waals surface area contributed by atoms with Crippen LogP contribution in [0.2, 0.25) is 0 Å². The summed E-state index contributed by atoms with van der Waals surface area (Å²) in [4.78, 5) is 24.5. The molecule has 0 aliphatic carbocycles. The average Bonchev–Trinajstić information content (AvgIpc) is 2.80. The number of aromatic nitrogens is 2. The SMILES string of the molecule is CCOC(=O)C(O)CC(Cc1ccc(-c2ccccc2)cc1)NC(=O)c1ccc(O)nn1. The van der Waals surface area contributed by atoms with E-state index in [1.807, 2.05) is 54.6 Å². The van der Waals surface area contributed by atoms with Gasteiger partial charge in [-0.2, -0.15) is 0 Å². The molecule has 1 aromatic heterocycles. The highest BCUT2D eigenvalue weighted by Gasteiger charge is 2.24. The Hall–Kier alpha value is -3.78. The zero-order valence-corrected chi connectivity index (χ0v) is 17.6. The summed E-state index contributed by atoms with van der Waals surface area (Å²) in [5.74, 6) is -1.57. The van der Waals surface area contributed by atoms with E-state index in [0.29, 0.717) is 6.42 Å². The lowest BCUT2D eigenvalue weighted by Gasteiger charge is -2.21. The fraction of sp³-hybridized carbons (Fsp3) is 0.250. The largest absolute Gasteiger partial charge is 0.492 e. The van der Waals surface area contributed by atoms with Gasteiger partial charge >= 0.3 is 5.97 Å². The number of benzene rings is 2. The van der Waals surface area contributed by atoms with Crippen molar-refractivity contribution in [3.63, 3.8) is 0 Å². The van der Waals surface area contributed by atoms with Crippen molar-refractivity contribution in [3.05, 3.63) is 78.0 Å². The van der Waals surface area contributed by atoms with E-state index in [-0.39, 0.29) is 24.6 Å². The molecule has 1 amide bonds. The third-order valence-electron chi connectivity index (χ3n) is 4.83. The monoisotopic (exact) mass is 435 g/mol. The molecule has 0 aliphatic heterocycles. The van der Waals surface area contributed by atoms with Crippen molar-refractivity contribution in [1.29, 1.82) is 0 Å². The quantitative estimate of drug-likeness (QED) is 0.442. The van der Waals surface area contributed by atoms with Crippen molar-refractivity contribution < 1.29 is 24.5 Å². The summed E-state index contributed by atoms with van der Waals surface area (Å²) in [6.45, 7) is 1.80. The lowest BCUT2D eigenvalue weighted by atomic mass is 9.97. The molecule has 0 saturated carbocycles. The van der Waals surface area contributed by atoms with Crippen LogP contribution in [0, 0.1) is 0 Å². The van der Waals surface area contributed by atoms with Gasteiger partial charge in [-0.25, -0.2) is 4.79 Å². The molecule has 3 N–H and O–H groups in total. The van der Waals surface area contributed by atoms with Crippen molar-refractivity contribution in [2.24, 2.45) is 0 Å². The van der Waals surface area contributed by atoms with Gasteiger partial charge in [-0.05, 0) is 36.1 Å². The summed E-state index contributed by atoms with van der Waals surface area (Å²) in [7, 11) is 0. The predicted molar refractivity (Wildman–Crippen MR) is 118 cm³/mol. The maximum absolute atomic E-state index is 12.6. The number of aromatic hydroxyl groups is 1. The number of aliphatic hydroxyl groups excluding tert-OH is 1. The van der Waals surface area contributed by atoms with Gasteiger partial charge in [0.1, 0.15) is 0 Å². The maximum Gasteiger partial charge on any atom is 0.335 e. The molecule has 1 heterocycles. The number of hydrogen-bond donors (Lipinski definition) is 3. The van der Waals surface area contributed by atoms with Gasteiger partial charge in [0.25, 0.3) is 5.91 Å². The number of hydrogen-bond acceptors (Lipinski definition) is 7. The number of ether oxygens (including phenoxy) is 1. The number of nitrogens with one attached hydrogen (secondary N) is 1. The highest BCUT2D eigenvalue weighted by molar-refractivity contribution is 5.92. The molecule has 0 saturated heterocycles. The molecule has 2 atom stereocenters. The maximum atomic E-state index is 12.6. The highest BCUT2D eigenvalue weighted by atomic mass is 16.5. The highest BCUT2D eigenvalue weighted by Crippen LogP contribution is 2.20. The number of nitrogens with zero attached hydrogens (tertiary/aromatic N) is 2. The number of esters is 1. The van der Waals surface area contributed by atoms with Crippen LogP contribution in [0.5, 0.6) is 5.88 Å². The van der Waals surface area contributed by atoms with Crippen molar-refractivity contribution in [1.82, 2.24) is 15.5 Å². The third-order valence-corrected chi connectivity index (χ3v) is 4.83. The van der Waals surface area contributed by atoms with Crippen molar-refractivity contribution in [2.45, 2.75) is 31.9 Å². The number of carbonyl (C=O) groups excluding carboxylic acids is 2. The minimum atomic E-state index is -1.38. The Labute approximate surface area is 185 Å². The predicted octanol–water partition coefficient (Wildman–Crippen LogP) is 2.50. The minimum Gasteiger partial charge on any atom is -0.492 e. The summed E-state index contributed by atoms with van der Waals surface area (Å²) >= 11 is 0. The first kappa shape index (κ1) is 22.9. The van der Waals surface area contributed by atoms with Gasteiger partial charge in [0.2, 0.25) is 5.88 Å². The van der Waals surface area contributed by atoms with Crippen LogP contribution in [-0.4, -0.2) is 51.0 Å². The van der Waals surface area contributed by atoms with E-state index in [1.54, 1.807) is 6.92 Å². The second-order valence-corrected chi connectivity index (χ2v) is 7.22. The summed E-state index contributed by atoms with van der Waals surface area (Å²) in [6, 6.07) is 19.8. The van der Waals surface area contributed by atoms with Crippen LogP contribution in [-0.2, 0) is 16.0 Å².